The van der Waals surface area contributed by atoms with Crippen molar-refractivity contribution in [2.75, 3.05) is 0 Å². The maximum Gasteiger partial charge on any atom is 0.320 e. The minimum atomic E-state index is -0.913. The molecule has 0 saturated carbocycles. The van der Waals surface area contributed by atoms with Gasteiger partial charge in [0.15, 0.2) is 0 Å². The van der Waals surface area contributed by atoms with Crippen molar-refractivity contribution in [3.63, 3.8) is 0 Å². The molecule has 1 amide bonds. The van der Waals surface area contributed by atoms with Crippen LogP contribution in [0.3, 0.4) is 0 Å². The van der Waals surface area contributed by atoms with Gasteiger partial charge in [-0.3, -0.25) is 14.6 Å². The Morgan fingerprint density at radius 2 is 2.06 bits per heavy atom. The first-order valence-corrected chi connectivity index (χ1v) is 5.52. The van der Waals surface area contributed by atoms with Gasteiger partial charge in [0, 0.05) is 12.4 Å². The lowest BCUT2D eigenvalue weighted by Crippen LogP contribution is -2.31. The molecule has 0 fully saturated rings. The van der Waals surface area contributed by atoms with Gasteiger partial charge < -0.3 is 16.6 Å². The Morgan fingerprint density at radius 3 is 2.28 bits per heavy atom. The maximum absolute atomic E-state index is 10.4. The number of carbonyl (C=O) groups is 2. The Labute approximate surface area is 106 Å². The molecule has 0 radical (unpaired) electrons. The number of aliphatic carboxylic acids is 1. The molecular formula is C12H19N3O3. The van der Waals surface area contributed by atoms with Crippen LogP contribution in [0.2, 0.25) is 0 Å². The van der Waals surface area contributed by atoms with Gasteiger partial charge in [-0.2, -0.15) is 0 Å². The highest BCUT2D eigenvalue weighted by molar-refractivity contribution is 5.92. The number of hydrogen-bond acceptors (Lipinski definition) is 4. The molecule has 0 spiro atoms. The molecule has 0 unspecified atom stereocenters. The molecule has 6 heteroatoms. The third kappa shape index (κ3) is 7.34. The molecule has 1 aromatic heterocycles. The Morgan fingerprint density at radius 1 is 1.44 bits per heavy atom. The molecule has 1 aromatic rings. The van der Waals surface area contributed by atoms with Gasteiger partial charge >= 0.3 is 5.97 Å². The van der Waals surface area contributed by atoms with E-state index >= 15 is 0 Å². The standard InChI is InChI=1S/C6H6N2O.C6H13NO2/c7-6(9)5-2-1-3-8-4-5;1-4(2)3-5(7)6(8)9/h1-4H,(H2,7,9);4-5H,3,7H2,1-2H3,(H,8,9)/t;5-/m.0/s1. The Balaban J connectivity index is 0.000000321. The van der Waals surface area contributed by atoms with Crippen LogP contribution in [0.5, 0.6) is 0 Å². The molecule has 1 atom stereocenters. The van der Waals surface area contributed by atoms with Crippen LogP contribution in [-0.2, 0) is 4.79 Å². The molecule has 0 saturated heterocycles. The highest BCUT2D eigenvalue weighted by atomic mass is 16.4. The number of carboxylic acids is 1. The lowest BCUT2D eigenvalue weighted by atomic mass is 10.1. The monoisotopic (exact) mass is 253 g/mol. The number of nitrogens with zero attached hydrogens (tertiary/aromatic N) is 1. The number of carboxylic acid groups (broad SMARTS) is 1. The number of carbonyl (C=O) groups excluding carboxylic acids is 1. The predicted molar refractivity (Wildman–Crippen MR) is 67.8 cm³/mol. The molecule has 0 aromatic carbocycles. The third-order valence-electron chi connectivity index (χ3n) is 1.99. The van der Waals surface area contributed by atoms with Crippen molar-refractivity contribution in [3.05, 3.63) is 30.1 Å². The summed E-state index contributed by atoms with van der Waals surface area (Å²) in [6.45, 7) is 3.89. The summed E-state index contributed by atoms with van der Waals surface area (Å²) in [5.41, 5.74) is 10.6. The Bertz CT molecular complexity index is 379. The summed E-state index contributed by atoms with van der Waals surface area (Å²) in [7, 11) is 0. The van der Waals surface area contributed by atoms with Gasteiger partial charge in [-0.05, 0) is 24.5 Å². The summed E-state index contributed by atoms with van der Waals surface area (Å²) in [5, 5.41) is 8.31. The van der Waals surface area contributed by atoms with E-state index in [9.17, 15) is 9.59 Å². The first kappa shape index (κ1) is 16.1. The molecule has 1 rings (SSSR count). The van der Waals surface area contributed by atoms with E-state index in [0.29, 0.717) is 17.9 Å². The van der Waals surface area contributed by atoms with Crippen LogP contribution in [0.15, 0.2) is 24.5 Å². The minimum Gasteiger partial charge on any atom is -0.480 e. The van der Waals surface area contributed by atoms with Crippen molar-refractivity contribution >= 4 is 11.9 Å². The van der Waals surface area contributed by atoms with Crippen molar-refractivity contribution in [1.29, 1.82) is 0 Å². The predicted octanol–water partition coefficient (Wildman–Crippen LogP) is 0.625. The van der Waals surface area contributed by atoms with E-state index in [1.54, 1.807) is 18.3 Å². The first-order valence-electron chi connectivity index (χ1n) is 5.52. The van der Waals surface area contributed by atoms with Crippen LogP contribution in [0.1, 0.15) is 30.6 Å². The van der Waals surface area contributed by atoms with Gasteiger partial charge in [-0.1, -0.05) is 13.8 Å². The molecule has 5 N–H and O–H groups in total. The third-order valence-corrected chi connectivity index (χ3v) is 1.99. The number of amides is 1. The molecule has 18 heavy (non-hydrogen) atoms. The van der Waals surface area contributed by atoms with Crippen LogP contribution in [0, 0.1) is 5.92 Å². The zero-order valence-corrected chi connectivity index (χ0v) is 10.5. The van der Waals surface area contributed by atoms with E-state index in [-0.39, 0.29) is 0 Å². The van der Waals surface area contributed by atoms with Crippen LogP contribution >= 0.6 is 0 Å². The Hall–Kier alpha value is -1.95. The second kappa shape index (κ2) is 8.19. The average Bonchev–Trinajstić information content (AvgIpc) is 2.30. The topological polar surface area (TPSA) is 119 Å². The van der Waals surface area contributed by atoms with Gasteiger partial charge in [0.2, 0.25) is 5.91 Å². The highest BCUT2D eigenvalue weighted by Crippen LogP contribution is 2.01. The zero-order chi connectivity index (χ0) is 14.1. The Kier molecular flexibility index (Phi) is 7.30. The van der Waals surface area contributed by atoms with Crippen molar-refractivity contribution < 1.29 is 14.7 Å². The number of primary amides is 1. The molecule has 6 nitrogen and oxygen atoms in total. The lowest BCUT2D eigenvalue weighted by molar-refractivity contribution is -0.138. The smallest absolute Gasteiger partial charge is 0.320 e. The summed E-state index contributed by atoms with van der Waals surface area (Å²) in [4.78, 5) is 24.2. The summed E-state index contributed by atoms with van der Waals surface area (Å²) in [5.74, 6) is -0.997. The van der Waals surface area contributed by atoms with E-state index in [1.807, 2.05) is 13.8 Å². The number of nitrogens with two attached hydrogens (primary N) is 2. The summed E-state index contributed by atoms with van der Waals surface area (Å²) in [6.07, 6.45) is 3.57. The van der Waals surface area contributed by atoms with Crippen molar-refractivity contribution in [2.45, 2.75) is 26.3 Å². The van der Waals surface area contributed by atoms with Crippen molar-refractivity contribution in [3.8, 4) is 0 Å². The van der Waals surface area contributed by atoms with Crippen LogP contribution in [0.4, 0.5) is 0 Å². The minimum absolute atomic E-state index is 0.357. The molecule has 0 aliphatic carbocycles. The van der Waals surface area contributed by atoms with E-state index in [0.717, 1.165) is 0 Å². The molecule has 1 heterocycles. The fourth-order valence-corrected chi connectivity index (χ4v) is 1.12. The number of hydrogen-bond donors (Lipinski definition) is 3. The van der Waals surface area contributed by atoms with E-state index in [1.165, 1.54) is 6.20 Å². The molecule has 100 valence electrons. The molecule has 0 aliphatic heterocycles. The normalized spacial score (nSPS) is 11.3. The molecule has 0 bridgehead atoms. The van der Waals surface area contributed by atoms with Gasteiger partial charge in [0.25, 0.3) is 0 Å². The van der Waals surface area contributed by atoms with E-state index in [4.69, 9.17) is 16.6 Å². The van der Waals surface area contributed by atoms with Gasteiger partial charge in [-0.25, -0.2) is 0 Å². The van der Waals surface area contributed by atoms with Gasteiger partial charge in [0.1, 0.15) is 6.04 Å². The maximum atomic E-state index is 10.4. The fraction of sp³-hybridized carbons (Fsp3) is 0.417. The lowest BCUT2D eigenvalue weighted by Gasteiger charge is -2.07. The summed E-state index contributed by atoms with van der Waals surface area (Å²) in [6, 6.07) is 2.60. The zero-order valence-electron chi connectivity index (χ0n) is 10.5. The number of aromatic nitrogens is 1. The first-order chi connectivity index (χ1) is 8.34. The molecular weight excluding hydrogens is 234 g/mol. The van der Waals surface area contributed by atoms with Crippen molar-refractivity contribution in [1.82, 2.24) is 4.98 Å². The second-order valence-corrected chi connectivity index (χ2v) is 4.18. The molecule has 0 aliphatic rings. The largest absolute Gasteiger partial charge is 0.480 e. The van der Waals surface area contributed by atoms with Crippen LogP contribution < -0.4 is 11.5 Å². The summed E-state index contributed by atoms with van der Waals surface area (Å²) < 4.78 is 0. The van der Waals surface area contributed by atoms with Crippen LogP contribution in [-0.4, -0.2) is 28.0 Å². The number of rotatable bonds is 4. The average molecular weight is 253 g/mol. The van der Waals surface area contributed by atoms with Crippen LogP contribution in [0.25, 0.3) is 0 Å². The fourth-order valence-electron chi connectivity index (χ4n) is 1.12. The van der Waals surface area contributed by atoms with Crippen molar-refractivity contribution in [2.24, 2.45) is 17.4 Å². The number of pyridine rings is 1. The summed E-state index contributed by atoms with van der Waals surface area (Å²) >= 11 is 0. The van der Waals surface area contributed by atoms with E-state index in [2.05, 4.69) is 4.98 Å². The highest BCUT2D eigenvalue weighted by Gasteiger charge is 2.11. The van der Waals surface area contributed by atoms with Gasteiger partial charge in [0.05, 0.1) is 5.56 Å². The quantitative estimate of drug-likeness (QED) is 0.726. The SMILES string of the molecule is CC(C)C[C@H](N)C(=O)O.NC(=O)c1cccnc1. The van der Waals surface area contributed by atoms with E-state index < -0.39 is 17.9 Å². The second-order valence-electron chi connectivity index (χ2n) is 4.18. The van der Waals surface area contributed by atoms with Gasteiger partial charge in [-0.15, -0.1) is 0 Å².